The Labute approximate surface area is 336 Å². The van der Waals surface area contributed by atoms with Gasteiger partial charge in [-0.25, -0.2) is 0 Å². The molecule has 11 aromatic rings. The molecule has 6 heteroatoms. The van der Waals surface area contributed by atoms with Crippen LogP contribution in [0.5, 0.6) is 0 Å². The molecule has 274 valence electrons. The number of aliphatic imine (C=N–C) groups is 1. The molecule has 0 saturated heterocycles. The Hall–Kier alpha value is -7.01. The van der Waals surface area contributed by atoms with Gasteiger partial charge in [-0.15, -0.1) is 0 Å². The molecular weight excluding hydrogens is 743 g/mol. The summed E-state index contributed by atoms with van der Waals surface area (Å²) >= 11 is 5.64. The van der Waals surface area contributed by atoms with E-state index < -0.39 is 0 Å². The van der Waals surface area contributed by atoms with Gasteiger partial charge in [-0.2, -0.15) is 0 Å². The summed E-state index contributed by atoms with van der Waals surface area (Å²) in [4.78, 5) is 5.05. The topological polar surface area (TPSA) is 47.4 Å². The zero-order chi connectivity index (χ0) is 37.9. The maximum atomic E-state index is 6.32. The first-order chi connectivity index (χ1) is 28.2. The molecule has 3 aromatic heterocycles. The van der Waals surface area contributed by atoms with Gasteiger partial charge in [-0.1, -0.05) is 24.3 Å². The van der Waals surface area contributed by atoms with Gasteiger partial charge in [0, 0.05) is 0 Å². The van der Waals surface area contributed by atoms with Gasteiger partial charge >= 0.3 is 301 Å². The van der Waals surface area contributed by atoms with Crippen LogP contribution in [-0.2, 0) is 21.6 Å². The predicted octanol–water partition coefficient (Wildman–Crippen LogP) is 12.0. The van der Waals surface area contributed by atoms with Gasteiger partial charge in [-0.05, 0) is 12.1 Å². The first-order valence-corrected chi connectivity index (χ1v) is 19.6. The molecule has 0 amide bonds. The summed E-state index contributed by atoms with van der Waals surface area (Å²) < 4.78 is 11.6. The second-order valence-electron chi connectivity index (χ2n) is 14.3. The van der Waals surface area contributed by atoms with Gasteiger partial charge < -0.3 is 0 Å². The summed E-state index contributed by atoms with van der Waals surface area (Å²) in [7, 11) is 0. The van der Waals surface area contributed by atoms with E-state index in [2.05, 4.69) is 166 Å². The van der Waals surface area contributed by atoms with Crippen LogP contribution in [0.15, 0.2) is 197 Å². The van der Waals surface area contributed by atoms with Crippen molar-refractivity contribution in [1.82, 2.24) is 14.5 Å². The average molecular weight is 778 g/mol. The van der Waals surface area contributed by atoms with Gasteiger partial charge in [-0.3, -0.25) is 0 Å². The van der Waals surface area contributed by atoms with Gasteiger partial charge in [0.2, 0.25) is 0 Å². The van der Waals surface area contributed by atoms with E-state index in [4.69, 9.17) is 24.4 Å². The van der Waals surface area contributed by atoms with Crippen molar-refractivity contribution in [2.75, 3.05) is 0 Å². The molecule has 0 aliphatic rings. The molecule has 0 aliphatic carbocycles. The Morgan fingerprint density at radius 1 is 0.474 bits per heavy atom. The van der Waals surface area contributed by atoms with E-state index in [-0.39, 0.29) is 0 Å². The summed E-state index contributed by atoms with van der Waals surface area (Å²) in [5.41, 5.74) is 11.6. The summed E-state index contributed by atoms with van der Waals surface area (Å²) in [5, 5.41) is 10.7. The number of hydrogen-bond acceptors (Lipinski definition) is 2. The number of furan rings is 1. The average Bonchev–Trinajstić information content (AvgIpc) is 3.92. The number of benzene rings is 8. The van der Waals surface area contributed by atoms with Gasteiger partial charge in [0.1, 0.15) is 0 Å². The van der Waals surface area contributed by atoms with Gasteiger partial charge in [0.25, 0.3) is 0 Å². The van der Waals surface area contributed by atoms with Crippen molar-refractivity contribution in [2.24, 2.45) is 4.99 Å². The van der Waals surface area contributed by atoms with Crippen LogP contribution >= 0.6 is 0 Å². The van der Waals surface area contributed by atoms with E-state index in [0.717, 1.165) is 66.9 Å². The molecule has 8 aromatic carbocycles. The predicted molar refractivity (Wildman–Crippen MR) is 233 cm³/mol. The summed E-state index contributed by atoms with van der Waals surface area (Å²) in [6.07, 6.45) is 0. The van der Waals surface area contributed by atoms with Crippen LogP contribution in [0.25, 0.3) is 76.9 Å². The molecule has 0 fully saturated rings. The van der Waals surface area contributed by atoms with E-state index >= 15 is 0 Å². The van der Waals surface area contributed by atoms with Crippen molar-refractivity contribution < 1.29 is 19.4 Å². The number of rotatable bonds is 7. The van der Waals surface area contributed by atoms with Crippen molar-refractivity contribution in [3.05, 3.63) is 205 Å². The summed E-state index contributed by atoms with van der Waals surface area (Å²) in [6.45, 7) is 0.530. The fraction of sp³-hybridized carbons (Fsp3) is 0.0196. The number of amidine groups is 1. The van der Waals surface area contributed by atoms with Crippen LogP contribution < -0.4 is 5.32 Å². The molecule has 11 rings (SSSR count). The van der Waals surface area contributed by atoms with Crippen molar-refractivity contribution in [3.63, 3.8) is 0 Å². The van der Waals surface area contributed by atoms with Gasteiger partial charge in [0.15, 0.2) is 0 Å². The molecule has 5 nitrogen and oxygen atoms in total. The molecule has 3 heterocycles. The number of nitrogens with one attached hydrogen (secondary N) is 1. The van der Waals surface area contributed by atoms with Crippen LogP contribution in [0.1, 0.15) is 16.7 Å². The Balaban J connectivity index is 0.974. The van der Waals surface area contributed by atoms with Crippen LogP contribution in [0.3, 0.4) is 0 Å². The van der Waals surface area contributed by atoms with E-state index in [0.29, 0.717) is 11.2 Å². The number of aromatic nitrogens is 2. The summed E-state index contributed by atoms with van der Waals surface area (Å²) in [5.74, 6) is 0.718. The molecule has 0 spiro atoms. The van der Waals surface area contributed by atoms with Crippen molar-refractivity contribution in [1.29, 1.82) is 0 Å². The van der Waals surface area contributed by atoms with Crippen LogP contribution in [0, 0.1) is 0 Å². The fourth-order valence-electron chi connectivity index (χ4n) is 8.38. The third-order valence-electron chi connectivity index (χ3n) is 11.0. The number of hydrogen-bond donors (Lipinski definition) is 1. The van der Waals surface area contributed by atoms with E-state index in [1.165, 1.54) is 32.6 Å². The maximum absolute atomic E-state index is 6.32. The third kappa shape index (κ3) is 5.60. The van der Waals surface area contributed by atoms with E-state index in [1.807, 2.05) is 36.4 Å². The fourth-order valence-corrected chi connectivity index (χ4v) is 8.66. The van der Waals surface area contributed by atoms with Gasteiger partial charge in [0.05, 0.1) is 0 Å². The van der Waals surface area contributed by atoms with Crippen molar-refractivity contribution >= 4 is 76.0 Å². The second kappa shape index (κ2) is 13.6. The zero-order valence-corrected chi connectivity index (χ0v) is 31.7. The third-order valence-corrected chi connectivity index (χ3v) is 11.4. The number of nitrogens with zero attached hydrogens (tertiary/aromatic N) is 3. The van der Waals surface area contributed by atoms with E-state index in [1.54, 1.807) is 0 Å². The first-order valence-electron chi connectivity index (χ1n) is 19.1. The molecule has 1 N–H and O–H groups in total. The monoisotopic (exact) mass is 776 g/mol. The minimum absolute atomic E-state index is 0.530. The number of para-hydroxylation sites is 5. The van der Waals surface area contributed by atoms with Crippen LogP contribution in [0.2, 0.25) is 0 Å². The quantitative estimate of drug-likeness (QED) is 0.0995. The van der Waals surface area contributed by atoms with E-state index in [9.17, 15) is 0 Å². The SMILES string of the molecule is [Ni]=[C](N=C(NCc1cccc2c1oc1ccccc12)c1ccccc1)c1ccc(-n2c3ccccc3c3cc4c(cc32)c2ccccc2n4-c2ccccc2)cc1. The Morgan fingerprint density at radius 3 is 1.68 bits per heavy atom. The first kappa shape index (κ1) is 33.3. The van der Waals surface area contributed by atoms with Crippen molar-refractivity contribution in [2.45, 2.75) is 6.54 Å². The molecule has 0 unspecified atom stereocenters. The Morgan fingerprint density at radius 2 is 1.02 bits per heavy atom. The van der Waals surface area contributed by atoms with Crippen molar-refractivity contribution in [3.8, 4) is 11.4 Å². The van der Waals surface area contributed by atoms with Crippen LogP contribution in [0.4, 0.5) is 0 Å². The standard InChI is InChI=1S/C51H34N4O.Ni/c1-3-14-35(15-4-1)51(53-33-36-16-13-22-42-41-21-9-12-25-49(41)56-50(36)42)52-32-34-26-28-38(29-27-34)55-46-24-11-8-20-40(46)44-30-47-43(31-48(44)55)39-19-7-10-23-45(39)54(47)37-17-5-2-6-18-37;/h1-31,53H,33H2;. The van der Waals surface area contributed by atoms with Crippen LogP contribution in [-0.4, -0.2) is 19.6 Å². The number of fused-ring (bicyclic) bond motifs is 9. The minimum atomic E-state index is 0.530. The molecule has 0 saturated carbocycles. The molecule has 57 heavy (non-hydrogen) atoms. The molecule has 0 atom stereocenters. The molecule has 0 bridgehead atoms. The molecular formula is C51H34N4NiO. The second-order valence-corrected chi connectivity index (χ2v) is 14.8. The zero-order valence-electron chi connectivity index (χ0n) is 30.7. The Kier molecular flexibility index (Phi) is 7.97. The normalized spacial score (nSPS) is 12.1. The molecule has 0 radical (unpaired) electrons. The summed E-state index contributed by atoms with van der Waals surface area (Å²) in [6, 6.07) is 65.8. The molecule has 0 aliphatic heterocycles. The Bertz CT molecular complexity index is 3360.